The third-order valence-electron chi connectivity index (χ3n) is 1.68. The number of halogens is 2. The van der Waals surface area contributed by atoms with Gasteiger partial charge in [-0.1, -0.05) is 27.7 Å². The standard InChI is InChI=1S/C9H6FIN2O/c10-7-3-1-6(2-4-7)9-12-8(5-11)14-13-9/h1-4H,5H2. The van der Waals surface area contributed by atoms with E-state index in [-0.39, 0.29) is 5.82 Å². The summed E-state index contributed by atoms with van der Waals surface area (Å²) in [5.74, 6) is 0.799. The van der Waals surface area contributed by atoms with Crippen LogP contribution < -0.4 is 0 Å². The number of benzene rings is 1. The minimum atomic E-state index is -0.272. The Kier molecular flexibility index (Phi) is 2.76. The minimum Gasteiger partial charge on any atom is -0.338 e. The van der Waals surface area contributed by atoms with Crippen molar-refractivity contribution in [2.75, 3.05) is 0 Å². The maximum atomic E-state index is 12.6. The highest BCUT2D eigenvalue weighted by molar-refractivity contribution is 14.1. The van der Waals surface area contributed by atoms with Gasteiger partial charge in [0.25, 0.3) is 0 Å². The number of nitrogens with zero attached hydrogens (tertiary/aromatic N) is 2. The maximum Gasteiger partial charge on any atom is 0.236 e. The molecule has 0 aliphatic carbocycles. The van der Waals surface area contributed by atoms with Crippen LogP contribution in [0.25, 0.3) is 11.4 Å². The predicted octanol–water partition coefficient (Wildman–Crippen LogP) is 2.81. The molecule has 0 radical (unpaired) electrons. The Morgan fingerprint density at radius 2 is 2.00 bits per heavy atom. The van der Waals surface area contributed by atoms with Gasteiger partial charge in [0.05, 0.1) is 4.43 Å². The monoisotopic (exact) mass is 304 g/mol. The molecule has 0 saturated heterocycles. The SMILES string of the molecule is Fc1ccc(-c2noc(CI)n2)cc1. The van der Waals surface area contributed by atoms with Gasteiger partial charge in [0.1, 0.15) is 5.82 Å². The zero-order valence-corrected chi connectivity index (χ0v) is 9.23. The number of hydrogen-bond donors (Lipinski definition) is 0. The summed E-state index contributed by atoms with van der Waals surface area (Å²) in [7, 11) is 0. The third kappa shape index (κ3) is 1.92. The van der Waals surface area contributed by atoms with E-state index in [1.807, 2.05) is 0 Å². The van der Waals surface area contributed by atoms with Crippen molar-refractivity contribution in [2.24, 2.45) is 0 Å². The van der Waals surface area contributed by atoms with Gasteiger partial charge in [-0.3, -0.25) is 0 Å². The Labute approximate surface area is 93.5 Å². The molecule has 14 heavy (non-hydrogen) atoms. The summed E-state index contributed by atoms with van der Waals surface area (Å²) < 4.78 is 18.2. The molecule has 0 aliphatic rings. The van der Waals surface area contributed by atoms with Gasteiger partial charge in [-0.15, -0.1) is 0 Å². The van der Waals surface area contributed by atoms with Crippen LogP contribution in [0.5, 0.6) is 0 Å². The molecule has 0 N–H and O–H groups in total. The summed E-state index contributed by atoms with van der Waals surface area (Å²) in [4.78, 5) is 4.12. The van der Waals surface area contributed by atoms with E-state index < -0.39 is 0 Å². The van der Waals surface area contributed by atoms with Crippen molar-refractivity contribution < 1.29 is 8.91 Å². The van der Waals surface area contributed by atoms with Gasteiger partial charge in [0.15, 0.2) is 0 Å². The molecule has 0 fully saturated rings. The second-order valence-electron chi connectivity index (χ2n) is 2.65. The summed E-state index contributed by atoms with van der Waals surface area (Å²) in [6.07, 6.45) is 0. The van der Waals surface area contributed by atoms with Crippen molar-refractivity contribution in [1.82, 2.24) is 10.1 Å². The first kappa shape index (κ1) is 9.57. The number of rotatable bonds is 2. The lowest BCUT2D eigenvalue weighted by molar-refractivity contribution is 0.393. The van der Waals surface area contributed by atoms with Gasteiger partial charge in [-0.05, 0) is 24.3 Å². The average Bonchev–Trinajstić information content (AvgIpc) is 2.67. The van der Waals surface area contributed by atoms with E-state index in [4.69, 9.17) is 4.52 Å². The van der Waals surface area contributed by atoms with Crippen LogP contribution in [0, 0.1) is 5.82 Å². The van der Waals surface area contributed by atoms with Crippen LogP contribution in [-0.2, 0) is 4.43 Å². The van der Waals surface area contributed by atoms with Crippen LogP contribution in [0.3, 0.4) is 0 Å². The topological polar surface area (TPSA) is 38.9 Å². The van der Waals surface area contributed by atoms with Crippen molar-refractivity contribution >= 4 is 22.6 Å². The van der Waals surface area contributed by atoms with Gasteiger partial charge in [0, 0.05) is 5.56 Å². The van der Waals surface area contributed by atoms with Crippen LogP contribution >= 0.6 is 22.6 Å². The number of aromatic nitrogens is 2. The average molecular weight is 304 g/mol. The maximum absolute atomic E-state index is 12.6. The Hall–Kier alpha value is -0.980. The van der Waals surface area contributed by atoms with E-state index >= 15 is 0 Å². The van der Waals surface area contributed by atoms with E-state index in [9.17, 15) is 4.39 Å². The van der Waals surface area contributed by atoms with Crippen LogP contribution in [-0.4, -0.2) is 10.1 Å². The molecule has 0 saturated carbocycles. The largest absolute Gasteiger partial charge is 0.338 e. The first-order chi connectivity index (χ1) is 6.79. The first-order valence-corrected chi connectivity index (χ1v) is 5.46. The molecule has 0 spiro atoms. The second-order valence-corrected chi connectivity index (χ2v) is 3.42. The lowest BCUT2D eigenvalue weighted by Crippen LogP contribution is -1.81. The number of hydrogen-bond acceptors (Lipinski definition) is 3. The molecule has 0 atom stereocenters. The van der Waals surface area contributed by atoms with Crippen molar-refractivity contribution in [3.8, 4) is 11.4 Å². The van der Waals surface area contributed by atoms with Gasteiger partial charge >= 0.3 is 0 Å². The van der Waals surface area contributed by atoms with Gasteiger partial charge in [0.2, 0.25) is 11.7 Å². The van der Waals surface area contributed by atoms with Crippen LogP contribution in [0.1, 0.15) is 5.89 Å². The van der Waals surface area contributed by atoms with E-state index in [0.717, 1.165) is 5.56 Å². The molecule has 1 heterocycles. The van der Waals surface area contributed by atoms with E-state index in [1.165, 1.54) is 12.1 Å². The first-order valence-electron chi connectivity index (χ1n) is 3.94. The zero-order valence-electron chi connectivity index (χ0n) is 7.08. The summed E-state index contributed by atoms with van der Waals surface area (Å²) in [6.45, 7) is 0. The third-order valence-corrected chi connectivity index (χ3v) is 2.34. The highest BCUT2D eigenvalue weighted by Crippen LogP contribution is 2.16. The molecule has 3 nitrogen and oxygen atoms in total. The molecule has 0 unspecified atom stereocenters. The molecule has 0 amide bonds. The molecule has 1 aromatic heterocycles. The van der Waals surface area contributed by atoms with Crippen LogP contribution in [0.2, 0.25) is 0 Å². The molecule has 0 aliphatic heterocycles. The van der Waals surface area contributed by atoms with Crippen molar-refractivity contribution in [3.05, 3.63) is 36.0 Å². The molecule has 0 bridgehead atoms. The van der Waals surface area contributed by atoms with E-state index in [0.29, 0.717) is 16.1 Å². The fraction of sp³-hybridized carbons (Fsp3) is 0.111. The zero-order chi connectivity index (χ0) is 9.97. The highest BCUT2D eigenvalue weighted by Gasteiger charge is 2.06. The fourth-order valence-electron chi connectivity index (χ4n) is 1.03. The van der Waals surface area contributed by atoms with E-state index in [1.54, 1.807) is 12.1 Å². The molecule has 5 heteroatoms. The lowest BCUT2D eigenvalue weighted by Gasteiger charge is -1.92. The molecule has 1 aromatic carbocycles. The molecular formula is C9H6FIN2O. The molecular weight excluding hydrogens is 298 g/mol. The lowest BCUT2D eigenvalue weighted by atomic mass is 10.2. The van der Waals surface area contributed by atoms with Crippen LogP contribution in [0.15, 0.2) is 28.8 Å². The van der Waals surface area contributed by atoms with Crippen molar-refractivity contribution in [3.63, 3.8) is 0 Å². The minimum absolute atomic E-state index is 0.272. The predicted molar refractivity (Wildman–Crippen MR) is 57.4 cm³/mol. The molecule has 2 rings (SSSR count). The van der Waals surface area contributed by atoms with Gasteiger partial charge < -0.3 is 4.52 Å². The summed E-state index contributed by atoms with van der Waals surface area (Å²) in [5.41, 5.74) is 0.756. The van der Waals surface area contributed by atoms with E-state index in [2.05, 4.69) is 32.7 Å². The number of alkyl halides is 1. The van der Waals surface area contributed by atoms with Gasteiger partial charge in [-0.25, -0.2) is 4.39 Å². The molecule has 72 valence electrons. The summed E-state index contributed by atoms with van der Waals surface area (Å²) in [6, 6.07) is 5.99. The Morgan fingerprint density at radius 1 is 1.29 bits per heavy atom. The summed E-state index contributed by atoms with van der Waals surface area (Å²) >= 11 is 2.14. The quantitative estimate of drug-likeness (QED) is 0.632. The van der Waals surface area contributed by atoms with Crippen molar-refractivity contribution in [2.45, 2.75) is 4.43 Å². The highest BCUT2D eigenvalue weighted by atomic mass is 127. The summed E-state index contributed by atoms with van der Waals surface area (Å²) in [5, 5.41) is 3.77. The Morgan fingerprint density at radius 3 is 2.57 bits per heavy atom. The smallest absolute Gasteiger partial charge is 0.236 e. The Balaban J connectivity index is 2.34. The Bertz CT molecular complexity index is 427. The van der Waals surface area contributed by atoms with Crippen LogP contribution in [0.4, 0.5) is 4.39 Å². The van der Waals surface area contributed by atoms with Gasteiger partial charge in [-0.2, -0.15) is 4.98 Å². The molecule has 2 aromatic rings. The normalized spacial score (nSPS) is 10.4. The fourth-order valence-corrected chi connectivity index (χ4v) is 1.34. The second kappa shape index (κ2) is 4.04. The van der Waals surface area contributed by atoms with Crippen molar-refractivity contribution in [1.29, 1.82) is 0 Å².